The standard InChI is InChI=1S/C26H23PS/c1-3-28-24-15-13-22(14-16-24)26-18-23(20-7-5-4-6-8-20)17-25(27-26)21-11-9-19(2)10-12-21/h4-18H,3H2,1-2H3. The molecule has 1 aromatic heterocycles. The molecule has 138 valence electrons. The molecule has 0 aliphatic heterocycles. The van der Waals surface area contributed by atoms with Crippen LogP contribution in [0.25, 0.3) is 32.8 Å². The molecular formula is C26H23PS. The first-order valence-corrected chi connectivity index (χ1v) is 11.5. The van der Waals surface area contributed by atoms with Gasteiger partial charge in [0, 0.05) is 15.5 Å². The third kappa shape index (κ3) is 4.38. The molecule has 0 saturated carbocycles. The molecule has 0 spiro atoms. The maximum absolute atomic E-state index is 2.34. The lowest BCUT2D eigenvalue weighted by Crippen LogP contribution is -1.83. The quantitative estimate of drug-likeness (QED) is 0.303. The molecule has 0 aliphatic rings. The van der Waals surface area contributed by atoms with Crippen molar-refractivity contribution in [2.24, 2.45) is 0 Å². The molecule has 0 amide bonds. The zero-order valence-corrected chi connectivity index (χ0v) is 17.9. The molecule has 0 nitrogen and oxygen atoms in total. The Hall–Kier alpha value is -2.34. The SMILES string of the molecule is CCSc1ccc(-c2cc(-c3ccccc3)cc(-c3ccc(C)cc3)p2)cc1. The Morgan fingerprint density at radius 2 is 1.21 bits per heavy atom. The van der Waals surface area contributed by atoms with E-state index >= 15 is 0 Å². The molecule has 0 aliphatic carbocycles. The molecule has 0 unspecified atom stereocenters. The molecule has 28 heavy (non-hydrogen) atoms. The molecule has 0 atom stereocenters. The first-order valence-electron chi connectivity index (χ1n) is 9.61. The smallest absolute Gasteiger partial charge is 0.0102 e. The van der Waals surface area contributed by atoms with Crippen LogP contribution >= 0.6 is 20.0 Å². The van der Waals surface area contributed by atoms with Gasteiger partial charge in [-0.15, -0.1) is 11.8 Å². The van der Waals surface area contributed by atoms with Gasteiger partial charge >= 0.3 is 0 Å². The normalized spacial score (nSPS) is 11.1. The molecule has 1 heterocycles. The summed E-state index contributed by atoms with van der Waals surface area (Å²) in [7, 11) is 1.26. The van der Waals surface area contributed by atoms with E-state index in [-0.39, 0.29) is 0 Å². The lowest BCUT2D eigenvalue weighted by atomic mass is 10.0. The average molecular weight is 399 g/mol. The van der Waals surface area contributed by atoms with Crippen molar-refractivity contribution in [3.05, 3.63) is 96.6 Å². The monoisotopic (exact) mass is 398 g/mol. The Balaban J connectivity index is 1.83. The van der Waals surface area contributed by atoms with Gasteiger partial charge < -0.3 is 0 Å². The van der Waals surface area contributed by atoms with Crippen molar-refractivity contribution in [1.29, 1.82) is 0 Å². The van der Waals surface area contributed by atoms with Crippen molar-refractivity contribution in [3.63, 3.8) is 0 Å². The predicted octanol–water partition coefficient (Wildman–Crippen LogP) is 8.69. The first-order chi connectivity index (χ1) is 13.7. The maximum Gasteiger partial charge on any atom is 0.0102 e. The highest BCUT2D eigenvalue weighted by molar-refractivity contribution is 7.99. The lowest BCUT2D eigenvalue weighted by Gasteiger charge is -2.11. The third-order valence-electron chi connectivity index (χ3n) is 4.74. The number of thioether (sulfide) groups is 1. The fourth-order valence-corrected chi connectivity index (χ4v) is 5.12. The Kier molecular flexibility index (Phi) is 5.95. The number of hydrogen-bond acceptors (Lipinski definition) is 1. The molecule has 4 rings (SSSR count). The van der Waals surface area contributed by atoms with Gasteiger partial charge in [-0.25, -0.2) is 0 Å². The molecule has 0 N–H and O–H groups in total. The second-order valence-electron chi connectivity index (χ2n) is 6.82. The van der Waals surface area contributed by atoms with E-state index in [9.17, 15) is 0 Å². The van der Waals surface area contributed by atoms with E-state index in [2.05, 4.69) is 105 Å². The summed E-state index contributed by atoms with van der Waals surface area (Å²) in [5.41, 5.74) is 6.43. The molecule has 3 aromatic carbocycles. The summed E-state index contributed by atoms with van der Waals surface area (Å²) in [6.07, 6.45) is 0. The Bertz CT molecular complexity index is 1050. The number of hydrogen-bond donors (Lipinski definition) is 0. The molecule has 0 radical (unpaired) electrons. The van der Waals surface area contributed by atoms with E-state index in [0.717, 1.165) is 5.75 Å². The fourth-order valence-electron chi connectivity index (χ4n) is 3.24. The van der Waals surface area contributed by atoms with Crippen LogP contribution in [0.5, 0.6) is 0 Å². The van der Waals surface area contributed by atoms with Crippen LogP contribution in [0.3, 0.4) is 0 Å². The summed E-state index contributed by atoms with van der Waals surface area (Å²) >= 11 is 1.89. The molecule has 0 bridgehead atoms. The van der Waals surface area contributed by atoms with Crippen molar-refractivity contribution < 1.29 is 0 Å². The minimum atomic E-state index is 1.10. The summed E-state index contributed by atoms with van der Waals surface area (Å²) in [4.78, 5) is 1.33. The summed E-state index contributed by atoms with van der Waals surface area (Å²) in [6.45, 7) is 4.33. The van der Waals surface area contributed by atoms with E-state index < -0.39 is 0 Å². The van der Waals surface area contributed by atoms with E-state index in [0.29, 0.717) is 0 Å². The van der Waals surface area contributed by atoms with Crippen LogP contribution in [0, 0.1) is 6.92 Å². The van der Waals surface area contributed by atoms with Crippen LogP contribution in [0.2, 0.25) is 0 Å². The van der Waals surface area contributed by atoms with E-state index in [1.807, 2.05) is 11.8 Å². The maximum atomic E-state index is 2.34. The Labute approximate surface area is 173 Å². The highest BCUT2D eigenvalue weighted by atomic mass is 32.2. The summed E-state index contributed by atoms with van der Waals surface area (Å²) in [6, 6.07) is 33.2. The van der Waals surface area contributed by atoms with Gasteiger partial charge in [-0.3, -0.25) is 0 Å². The molecular weight excluding hydrogens is 375 g/mol. The van der Waals surface area contributed by atoms with Gasteiger partial charge in [-0.05, 0) is 59.2 Å². The van der Waals surface area contributed by atoms with Crippen LogP contribution < -0.4 is 0 Å². The van der Waals surface area contributed by atoms with Gasteiger partial charge in [-0.1, -0.05) is 87.4 Å². The first kappa shape index (κ1) is 19.0. The van der Waals surface area contributed by atoms with Gasteiger partial charge in [0.25, 0.3) is 0 Å². The zero-order valence-electron chi connectivity index (χ0n) is 16.2. The van der Waals surface area contributed by atoms with E-state index in [1.54, 1.807) is 0 Å². The van der Waals surface area contributed by atoms with Crippen LogP contribution in [-0.2, 0) is 0 Å². The van der Waals surface area contributed by atoms with Gasteiger partial charge in [0.15, 0.2) is 0 Å². The molecule has 0 fully saturated rings. The summed E-state index contributed by atoms with van der Waals surface area (Å²) in [5.74, 6) is 1.10. The average Bonchev–Trinajstić information content (AvgIpc) is 2.75. The number of benzene rings is 3. The van der Waals surface area contributed by atoms with Crippen LogP contribution in [0.4, 0.5) is 0 Å². The number of rotatable bonds is 5. The largest absolute Gasteiger partial charge is 0.126 e. The molecule has 2 heteroatoms. The highest BCUT2D eigenvalue weighted by Gasteiger charge is 2.08. The van der Waals surface area contributed by atoms with Crippen molar-refractivity contribution in [2.75, 3.05) is 5.75 Å². The van der Waals surface area contributed by atoms with Gasteiger partial charge in [-0.2, -0.15) is 0 Å². The second-order valence-corrected chi connectivity index (χ2v) is 9.34. The minimum Gasteiger partial charge on any atom is -0.126 e. The lowest BCUT2D eigenvalue weighted by molar-refractivity contribution is 1.43. The second kappa shape index (κ2) is 8.78. The predicted molar refractivity (Wildman–Crippen MR) is 126 cm³/mol. The Morgan fingerprint density at radius 3 is 1.79 bits per heavy atom. The third-order valence-corrected chi connectivity index (χ3v) is 6.89. The van der Waals surface area contributed by atoms with E-state index in [4.69, 9.17) is 0 Å². The van der Waals surface area contributed by atoms with Crippen molar-refractivity contribution >= 4 is 20.0 Å². The molecule has 0 saturated heterocycles. The topological polar surface area (TPSA) is 0 Å². The van der Waals surface area contributed by atoms with Crippen LogP contribution in [-0.4, -0.2) is 5.75 Å². The fraction of sp³-hybridized carbons (Fsp3) is 0.115. The van der Waals surface area contributed by atoms with E-state index in [1.165, 1.54) is 51.5 Å². The van der Waals surface area contributed by atoms with Crippen LogP contribution in [0.1, 0.15) is 12.5 Å². The van der Waals surface area contributed by atoms with Crippen molar-refractivity contribution in [2.45, 2.75) is 18.7 Å². The van der Waals surface area contributed by atoms with Crippen molar-refractivity contribution in [3.8, 4) is 32.8 Å². The van der Waals surface area contributed by atoms with Gasteiger partial charge in [0.2, 0.25) is 0 Å². The van der Waals surface area contributed by atoms with Gasteiger partial charge in [0.1, 0.15) is 0 Å². The summed E-state index contributed by atoms with van der Waals surface area (Å²) < 4.78 is 0. The Morgan fingerprint density at radius 1 is 0.643 bits per heavy atom. The van der Waals surface area contributed by atoms with Crippen LogP contribution in [0.15, 0.2) is 95.9 Å². The molecule has 4 aromatic rings. The minimum absolute atomic E-state index is 1.10. The summed E-state index contributed by atoms with van der Waals surface area (Å²) in [5, 5.41) is 2.70. The number of aryl methyl sites for hydroxylation is 1. The van der Waals surface area contributed by atoms with Gasteiger partial charge in [0.05, 0.1) is 0 Å². The zero-order chi connectivity index (χ0) is 19.3. The highest BCUT2D eigenvalue weighted by Crippen LogP contribution is 2.41. The van der Waals surface area contributed by atoms with Crippen molar-refractivity contribution in [1.82, 2.24) is 0 Å².